The lowest BCUT2D eigenvalue weighted by Gasteiger charge is -2.23. The minimum absolute atomic E-state index is 0.0695. The minimum Gasteiger partial charge on any atom is -0.349 e. The molecule has 0 fully saturated rings. The van der Waals surface area contributed by atoms with Crippen LogP contribution in [0, 0.1) is 13.8 Å². The van der Waals surface area contributed by atoms with Crippen LogP contribution < -0.4 is 5.32 Å². The summed E-state index contributed by atoms with van der Waals surface area (Å²) in [5, 5.41) is 8.13. The number of amides is 2. The third kappa shape index (κ3) is 5.52. The van der Waals surface area contributed by atoms with Gasteiger partial charge in [-0.25, -0.2) is 4.68 Å². The number of aromatic nitrogens is 2. The first-order valence-corrected chi connectivity index (χ1v) is 10.5. The topological polar surface area (TPSA) is 67.2 Å². The zero-order chi connectivity index (χ0) is 22.5. The molecule has 0 saturated carbocycles. The molecule has 2 aromatic carbocycles. The Labute approximate surface area is 187 Å². The van der Waals surface area contributed by atoms with E-state index in [0.29, 0.717) is 11.6 Å². The van der Waals surface area contributed by atoms with E-state index >= 15 is 0 Å². The summed E-state index contributed by atoms with van der Waals surface area (Å²) < 4.78 is 1.90. The van der Waals surface area contributed by atoms with E-state index in [2.05, 4.69) is 10.4 Å². The number of halogens is 1. The van der Waals surface area contributed by atoms with Crippen molar-refractivity contribution in [2.75, 3.05) is 7.05 Å². The normalized spacial score (nSPS) is 11.8. The Balaban J connectivity index is 1.76. The average molecular weight is 439 g/mol. The van der Waals surface area contributed by atoms with Crippen molar-refractivity contribution >= 4 is 23.4 Å². The Kier molecular flexibility index (Phi) is 7.13. The molecule has 0 aliphatic rings. The highest BCUT2D eigenvalue weighted by Gasteiger charge is 2.22. The largest absolute Gasteiger partial charge is 0.349 e. The molecule has 31 heavy (non-hydrogen) atoms. The number of nitrogens with zero attached hydrogens (tertiary/aromatic N) is 3. The second-order valence-corrected chi connectivity index (χ2v) is 8.09. The summed E-state index contributed by atoms with van der Waals surface area (Å²) in [4.78, 5) is 26.4. The van der Waals surface area contributed by atoms with Crippen molar-refractivity contribution in [1.29, 1.82) is 0 Å². The summed E-state index contributed by atoms with van der Waals surface area (Å²) in [6, 6.07) is 16.7. The van der Waals surface area contributed by atoms with E-state index < -0.39 is 6.04 Å². The van der Waals surface area contributed by atoms with Crippen LogP contribution in [0.25, 0.3) is 5.69 Å². The Morgan fingerprint density at radius 3 is 2.35 bits per heavy atom. The molecule has 1 N–H and O–H groups in total. The van der Waals surface area contributed by atoms with Gasteiger partial charge < -0.3 is 10.2 Å². The fourth-order valence-electron chi connectivity index (χ4n) is 3.57. The molecule has 1 atom stereocenters. The Bertz CT molecular complexity index is 1060. The van der Waals surface area contributed by atoms with Gasteiger partial charge in [0.05, 0.1) is 23.8 Å². The molecule has 3 rings (SSSR count). The third-order valence-electron chi connectivity index (χ3n) is 5.29. The molecule has 6 nitrogen and oxygen atoms in total. The minimum atomic E-state index is -0.418. The lowest BCUT2D eigenvalue weighted by Crippen LogP contribution is -2.33. The van der Waals surface area contributed by atoms with E-state index in [1.54, 1.807) is 24.1 Å². The summed E-state index contributed by atoms with van der Waals surface area (Å²) >= 11 is 5.97. The maximum Gasteiger partial charge on any atom is 0.225 e. The predicted molar refractivity (Wildman–Crippen MR) is 122 cm³/mol. The van der Waals surface area contributed by atoms with Crippen LogP contribution in [0.1, 0.15) is 41.9 Å². The van der Waals surface area contributed by atoms with Crippen molar-refractivity contribution in [3.63, 3.8) is 0 Å². The van der Waals surface area contributed by atoms with Crippen LogP contribution in [-0.4, -0.2) is 33.5 Å². The van der Waals surface area contributed by atoms with Gasteiger partial charge in [0.15, 0.2) is 0 Å². The van der Waals surface area contributed by atoms with Crippen LogP contribution in [0.2, 0.25) is 5.02 Å². The van der Waals surface area contributed by atoms with Crippen LogP contribution in [0.5, 0.6) is 0 Å². The van der Waals surface area contributed by atoms with E-state index in [9.17, 15) is 9.59 Å². The first-order valence-electron chi connectivity index (χ1n) is 10.1. The SMILES string of the molecule is CC(=O)NC(CC(=O)N(C)Cc1c(C)nn(-c2ccccc2)c1C)c1ccc(Cl)cc1. The molecule has 2 amide bonds. The average Bonchev–Trinajstić information content (AvgIpc) is 3.02. The van der Waals surface area contributed by atoms with Gasteiger partial charge in [0.2, 0.25) is 11.8 Å². The van der Waals surface area contributed by atoms with Crippen molar-refractivity contribution in [3.05, 3.63) is 82.1 Å². The molecule has 0 aliphatic heterocycles. The lowest BCUT2D eigenvalue weighted by molar-refractivity contribution is -0.131. The molecule has 1 aromatic heterocycles. The number of rotatable bonds is 7. The number of hydrogen-bond donors (Lipinski definition) is 1. The predicted octanol–water partition coefficient (Wildman–Crippen LogP) is 4.37. The van der Waals surface area contributed by atoms with Crippen LogP contribution in [0.15, 0.2) is 54.6 Å². The molecule has 1 unspecified atom stereocenters. The standard InChI is InChI=1S/C24H27ClN4O2/c1-16-22(17(2)29(27-16)21-8-6-5-7-9-21)15-28(4)24(31)14-23(26-18(3)30)19-10-12-20(25)13-11-19/h5-13,23H,14-15H2,1-4H3,(H,26,30). The lowest BCUT2D eigenvalue weighted by atomic mass is 10.0. The number of hydrogen-bond acceptors (Lipinski definition) is 3. The van der Waals surface area contributed by atoms with Gasteiger partial charge in [0.25, 0.3) is 0 Å². The summed E-state index contributed by atoms with van der Waals surface area (Å²) in [5.41, 5.74) is 4.72. The molecular weight excluding hydrogens is 412 g/mol. The smallest absolute Gasteiger partial charge is 0.225 e. The highest BCUT2D eigenvalue weighted by Crippen LogP contribution is 2.23. The third-order valence-corrected chi connectivity index (χ3v) is 5.54. The van der Waals surface area contributed by atoms with Crippen molar-refractivity contribution in [3.8, 4) is 5.69 Å². The van der Waals surface area contributed by atoms with Crippen LogP contribution in [0.3, 0.4) is 0 Å². The monoisotopic (exact) mass is 438 g/mol. The molecule has 1 heterocycles. The molecule has 0 radical (unpaired) electrons. The molecule has 0 spiro atoms. The number of carbonyl (C=O) groups excluding carboxylic acids is 2. The first kappa shape index (κ1) is 22.6. The molecule has 162 valence electrons. The number of aryl methyl sites for hydroxylation is 1. The van der Waals surface area contributed by atoms with Gasteiger partial charge in [0, 0.05) is 36.8 Å². The van der Waals surface area contributed by atoms with Gasteiger partial charge >= 0.3 is 0 Å². The second-order valence-electron chi connectivity index (χ2n) is 7.66. The molecule has 3 aromatic rings. The van der Waals surface area contributed by atoms with E-state index in [-0.39, 0.29) is 18.2 Å². The Morgan fingerprint density at radius 2 is 1.74 bits per heavy atom. The van der Waals surface area contributed by atoms with Gasteiger partial charge in [-0.2, -0.15) is 5.10 Å². The van der Waals surface area contributed by atoms with Gasteiger partial charge in [-0.05, 0) is 43.7 Å². The fourth-order valence-corrected chi connectivity index (χ4v) is 3.70. The molecule has 0 aliphatic carbocycles. The zero-order valence-corrected chi connectivity index (χ0v) is 19.0. The van der Waals surface area contributed by atoms with E-state index in [0.717, 1.165) is 28.2 Å². The highest BCUT2D eigenvalue weighted by atomic mass is 35.5. The molecule has 7 heteroatoms. The Morgan fingerprint density at radius 1 is 1.10 bits per heavy atom. The van der Waals surface area contributed by atoms with Crippen molar-refractivity contribution in [2.24, 2.45) is 0 Å². The number of carbonyl (C=O) groups is 2. The van der Waals surface area contributed by atoms with Gasteiger partial charge in [-0.1, -0.05) is 41.9 Å². The second kappa shape index (κ2) is 9.79. The quantitative estimate of drug-likeness (QED) is 0.595. The first-order chi connectivity index (χ1) is 14.8. The molecule has 0 saturated heterocycles. The maximum absolute atomic E-state index is 13.0. The van der Waals surface area contributed by atoms with Crippen LogP contribution in [0.4, 0.5) is 0 Å². The zero-order valence-electron chi connectivity index (χ0n) is 18.2. The van der Waals surface area contributed by atoms with Crippen molar-refractivity contribution in [1.82, 2.24) is 20.0 Å². The van der Waals surface area contributed by atoms with E-state index in [4.69, 9.17) is 11.6 Å². The number of benzene rings is 2. The molecular formula is C24H27ClN4O2. The summed E-state index contributed by atoms with van der Waals surface area (Å²) in [5.74, 6) is -0.258. The van der Waals surface area contributed by atoms with Crippen LogP contribution >= 0.6 is 11.6 Å². The summed E-state index contributed by atoms with van der Waals surface area (Å²) in [7, 11) is 1.77. The van der Waals surface area contributed by atoms with Crippen molar-refractivity contribution < 1.29 is 9.59 Å². The van der Waals surface area contributed by atoms with E-state index in [1.165, 1.54) is 6.92 Å². The van der Waals surface area contributed by atoms with Gasteiger partial charge in [-0.3, -0.25) is 9.59 Å². The highest BCUT2D eigenvalue weighted by molar-refractivity contribution is 6.30. The fraction of sp³-hybridized carbons (Fsp3) is 0.292. The van der Waals surface area contributed by atoms with Crippen LogP contribution in [-0.2, 0) is 16.1 Å². The Hall–Kier alpha value is -3.12. The summed E-state index contributed by atoms with van der Waals surface area (Å²) in [6.45, 7) is 5.85. The summed E-state index contributed by atoms with van der Waals surface area (Å²) in [6.07, 6.45) is 0.155. The van der Waals surface area contributed by atoms with Crippen molar-refractivity contribution in [2.45, 2.75) is 39.8 Å². The van der Waals surface area contributed by atoms with E-state index in [1.807, 2.05) is 61.0 Å². The maximum atomic E-state index is 13.0. The van der Waals surface area contributed by atoms with Gasteiger partial charge in [0.1, 0.15) is 0 Å². The van der Waals surface area contributed by atoms with Gasteiger partial charge in [-0.15, -0.1) is 0 Å². The number of nitrogens with one attached hydrogen (secondary N) is 1. The molecule has 0 bridgehead atoms. The number of para-hydroxylation sites is 1.